The Balaban J connectivity index is 2.90. The van der Waals surface area contributed by atoms with Crippen molar-refractivity contribution in [1.82, 2.24) is 0 Å². The van der Waals surface area contributed by atoms with E-state index in [2.05, 4.69) is 19.9 Å². The second kappa shape index (κ2) is 2.74. The number of hydrogen-bond donors (Lipinski definition) is 1. The van der Waals surface area contributed by atoms with Gasteiger partial charge in [0.2, 0.25) is 0 Å². The lowest BCUT2D eigenvalue weighted by molar-refractivity contribution is 1.08. The number of allylic oxidation sites excluding steroid dienone is 5. The van der Waals surface area contributed by atoms with E-state index < -0.39 is 0 Å². The maximum Gasteiger partial charge on any atom is 0.0122 e. The molecule has 0 bridgehead atoms. The summed E-state index contributed by atoms with van der Waals surface area (Å²) < 4.78 is 0. The van der Waals surface area contributed by atoms with Crippen LogP contribution in [0.2, 0.25) is 0 Å². The highest BCUT2D eigenvalue weighted by atomic mass is 14.6. The Hall–Kier alpha value is -0.980. The minimum absolute atomic E-state index is 0.911. The lowest BCUT2D eigenvalue weighted by Crippen LogP contribution is -1.95. The molecule has 54 valence electrons. The van der Waals surface area contributed by atoms with Crippen LogP contribution in [0.15, 0.2) is 35.1 Å². The number of hydrogen-bond acceptors (Lipinski definition) is 1. The van der Waals surface area contributed by atoms with Crippen LogP contribution in [-0.2, 0) is 0 Å². The van der Waals surface area contributed by atoms with Crippen LogP contribution < -0.4 is 5.73 Å². The van der Waals surface area contributed by atoms with Crippen LogP contribution in [0.25, 0.3) is 0 Å². The third-order valence-electron chi connectivity index (χ3n) is 1.52. The molecule has 1 aliphatic rings. The molecule has 0 aromatic rings. The van der Waals surface area contributed by atoms with Gasteiger partial charge in [-0.2, -0.15) is 0 Å². The highest BCUT2D eigenvalue weighted by Crippen LogP contribution is 2.13. The first-order valence-corrected chi connectivity index (χ1v) is 3.48. The van der Waals surface area contributed by atoms with Gasteiger partial charge in [-0.3, -0.25) is 0 Å². The Morgan fingerprint density at radius 3 is 2.70 bits per heavy atom. The van der Waals surface area contributed by atoms with Gasteiger partial charge in [0.05, 0.1) is 0 Å². The fraction of sp³-hybridized carbons (Fsp3) is 0.333. The second-order valence-electron chi connectivity index (χ2n) is 2.82. The monoisotopic (exact) mass is 135 g/mol. The molecule has 0 aromatic heterocycles. The summed E-state index contributed by atoms with van der Waals surface area (Å²) in [6.45, 7) is 4.18. The smallest absolute Gasteiger partial charge is 0.0122 e. The Bertz CT molecular complexity index is 219. The van der Waals surface area contributed by atoms with E-state index in [0.29, 0.717) is 0 Å². The zero-order valence-corrected chi connectivity index (χ0v) is 6.52. The Morgan fingerprint density at radius 2 is 2.00 bits per heavy atom. The Morgan fingerprint density at radius 1 is 1.30 bits per heavy atom. The molecule has 0 saturated heterocycles. The first kappa shape index (κ1) is 7.13. The van der Waals surface area contributed by atoms with Crippen molar-refractivity contribution in [3.8, 4) is 0 Å². The predicted molar refractivity (Wildman–Crippen MR) is 44.4 cm³/mol. The van der Waals surface area contributed by atoms with Gasteiger partial charge < -0.3 is 5.73 Å². The van der Waals surface area contributed by atoms with Crippen LogP contribution >= 0.6 is 0 Å². The van der Waals surface area contributed by atoms with Crippen LogP contribution in [0.3, 0.4) is 0 Å². The van der Waals surface area contributed by atoms with Crippen molar-refractivity contribution in [1.29, 1.82) is 0 Å². The number of rotatable bonds is 0. The highest BCUT2D eigenvalue weighted by molar-refractivity contribution is 5.32. The number of nitrogens with two attached hydrogens (primary N) is 1. The molecule has 1 rings (SSSR count). The average Bonchev–Trinajstić information content (AvgIpc) is 1.93. The molecule has 0 saturated carbocycles. The second-order valence-corrected chi connectivity index (χ2v) is 2.82. The molecule has 0 atom stereocenters. The van der Waals surface area contributed by atoms with E-state index in [1.165, 1.54) is 11.1 Å². The maximum atomic E-state index is 5.66. The van der Waals surface area contributed by atoms with Gasteiger partial charge in [0.1, 0.15) is 0 Å². The predicted octanol–water partition coefficient (Wildman–Crippen LogP) is 2.13. The van der Waals surface area contributed by atoms with Crippen LogP contribution in [0.5, 0.6) is 0 Å². The quantitative estimate of drug-likeness (QED) is 0.541. The van der Waals surface area contributed by atoms with Crippen molar-refractivity contribution in [2.75, 3.05) is 0 Å². The maximum absolute atomic E-state index is 5.66. The van der Waals surface area contributed by atoms with E-state index >= 15 is 0 Å². The molecule has 0 unspecified atom stereocenters. The fourth-order valence-electron chi connectivity index (χ4n) is 1.11. The van der Waals surface area contributed by atoms with Gasteiger partial charge in [0.15, 0.2) is 0 Å². The van der Waals surface area contributed by atoms with Crippen LogP contribution in [0.4, 0.5) is 0 Å². The first-order chi connectivity index (χ1) is 4.68. The van der Waals surface area contributed by atoms with Crippen molar-refractivity contribution in [2.24, 2.45) is 5.73 Å². The van der Waals surface area contributed by atoms with Crippen molar-refractivity contribution >= 4 is 0 Å². The largest absolute Gasteiger partial charge is 0.402 e. The Labute approximate surface area is 61.9 Å². The van der Waals surface area contributed by atoms with Gasteiger partial charge in [0.25, 0.3) is 0 Å². The molecule has 0 fully saturated rings. The van der Waals surface area contributed by atoms with Gasteiger partial charge in [-0.1, -0.05) is 23.3 Å². The van der Waals surface area contributed by atoms with Gasteiger partial charge in [-0.25, -0.2) is 0 Å². The zero-order chi connectivity index (χ0) is 7.56. The van der Waals surface area contributed by atoms with Crippen LogP contribution in [0.1, 0.15) is 20.3 Å². The van der Waals surface area contributed by atoms with E-state index in [0.717, 1.165) is 12.1 Å². The normalized spacial score (nSPS) is 18.8. The van der Waals surface area contributed by atoms with Crippen LogP contribution in [-0.4, -0.2) is 0 Å². The van der Waals surface area contributed by atoms with Crippen molar-refractivity contribution < 1.29 is 0 Å². The minimum Gasteiger partial charge on any atom is -0.402 e. The van der Waals surface area contributed by atoms with Gasteiger partial charge >= 0.3 is 0 Å². The molecule has 0 aromatic carbocycles. The zero-order valence-electron chi connectivity index (χ0n) is 6.52. The van der Waals surface area contributed by atoms with E-state index in [9.17, 15) is 0 Å². The summed E-state index contributed by atoms with van der Waals surface area (Å²) in [7, 11) is 0. The molecular formula is C9H13N. The topological polar surface area (TPSA) is 26.0 Å². The molecular weight excluding hydrogens is 122 g/mol. The summed E-state index contributed by atoms with van der Waals surface area (Å²) in [4.78, 5) is 0. The van der Waals surface area contributed by atoms with Gasteiger partial charge in [0, 0.05) is 12.1 Å². The summed E-state index contributed by atoms with van der Waals surface area (Å²) in [6.07, 6.45) is 7.10. The third-order valence-corrected chi connectivity index (χ3v) is 1.52. The molecule has 0 aliphatic heterocycles. The molecule has 1 heteroatoms. The molecule has 2 N–H and O–H groups in total. The standard InChI is InChI=1S/C9H13N/c1-7-3-4-9(10)6-8(2)5-7/h3-5H,6,10H2,1-2H3. The minimum atomic E-state index is 0.911. The fourth-order valence-corrected chi connectivity index (χ4v) is 1.11. The summed E-state index contributed by atoms with van der Waals surface area (Å²) in [5, 5.41) is 0. The molecule has 1 nitrogen and oxygen atoms in total. The van der Waals surface area contributed by atoms with Crippen LogP contribution in [0, 0.1) is 0 Å². The summed E-state index contributed by atoms with van der Waals surface area (Å²) in [5.41, 5.74) is 9.22. The summed E-state index contributed by atoms with van der Waals surface area (Å²) >= 11 is 0. The third kappa shape index (κ3) is 1.76. The van der Waals surface area contributed by atoms with E-state index in [1.54, 1.807) is 0 Å². The lowest BCUT2D eigenvalue weighted by atomic mass is 10.1. The lowest BCUT2D eigenvalue weighted by Gasteiger charge is -1.96. The van der Waals surface area contributed by atoms with E-state index in [4.69, 9.17) is 5.73 Å². The molecule has 0 radical (unpaired) electrons. The molecule has 1 aliphatic carbocycles. The molecule has 0 amide bonds. The molecule has 0 spiro atoms. The van der Waals surface area contributed by atoms with E-state index in [-0.39, 0.29) is 0 Å². The molecule has 10 heavy (non-hydrogen) atoms. The van der Waals surface area contributed by atoms with Crippen molar-refractivity contribution in [3.05, 3.63) is 35.1 Å². The average molecular weight is 135 g/mol. The van der Waals surface area contributed by atoms with Crippen molar-refractivity contribution in [2.45, 2.75) is 20.3 Å². The Kier molecular flexibility index (Phi) is 1.95. The van der Waals surface area contributed by atoms with Gasteiger partial charge in [-0.15, -0.1) is 0 Å². The van der Waals surface area contributed by atoms with Gasteiger partial charge in [-0.05, 0) is 19.9 Å². The first-order valence-electron chi connectivity index (χ1n) is 3.48. The summed E-state index contributed by atoms with van der Waals surface area (Å²) in [5.74, 6) is 0. The van der Waals surface area contributed by atoms with E-state index in [1.807, 2.05) is 12.2 Å². The SMILES string of the molecule is CC1=CC=C(N)CC(C)=C1. The van der Waals surface area contributed by atoms with Crippen molar-refractivity contribution in [3.63, 3.8) is 0 Å². The highest BCUT2D eigenvalue weighted by Gasteiger charge is 1.96. The molecule has 0 heterocycles. The summed E-state index contributed by atoms with van der Waals surface area (Å²) in [6, 6.07) is 0.